The number of furan rings is 1. The van der Waals surface area contributed by atoms with E-state index in [2.05, 4.69) is 10.6 Å². The van der Waals surface area contributed by atoms with Gasteiger partial charge in [-0.3, -0.25) is 14.4 Å². The molecule has 0 saturated heterocycles. The summed E-state index contributed by atoms with van der Waals surface area (Å²) in [7, 11) is 0. The van der Waals surface area contributed by atoms with Crippen molar-refractivity contribution in [2.45, 2.75) is 6.92 Å². The second kappa shape index (κ2) is 8.64. The molecule has 0 aliphatic rings. The van der Waals surface area contributed by atoms with Crippen molar-refractivity contribution in [3.8, 4) is 0 Å². The molecule has 0 aliphatic heterocycles. The Morgan fingerprint density at radius 3 is 2.32 bits per heavy atom. The Hall–Kier alpha value is -3.93. The number of benzene rings is 2. The van der Waals surface area contributed by atoms with E-state index in [9.17, 15) is 14.4 Å². The summed E-state index contributed by atoms with van der Waals surface area (Å²) in [6.45, 7) is 1.45. The zero-order valence-electron chi connectivity index (χ0n) is 15.1. The summed E-state index contributed by atoms with van der Waals surface area (Å²) in [4.78, 5) is 36.8. The average Bonchev–Trinajstić information content (AvgIpc) is 3.21. The highest BCUT2D eigenvalue weighted by Crippen LogP contribution is 2.14. The first-order chi connectivity index (χ1) is 13.5. The van der Waals surface area contributed by atoms with E-state index in [1.165, 1.54) is 19.3 Å². The minimum absolute atomic E-state index is 0.0111. The van der Waals surface area contributed by atoms with Crippen LogP contribution in [0.15, 0.2) is 83.1 Å². The van der Waals surface area contributed by atoms with E-state index in [1.807, 2.05) is 0 Å². The molecule has 0 radical (unpaired) electrons. The molecule has 3 aromatic rings. The van der Waals surface area contributed by atoms with Crippen molar-refractivity contribution >= 4 is 29.4 Å². The third-order valence-corrected chi connectivity index (χ3v) is 3.89. The van der Waals surface area contributed by atoms with Gasteiger partial charge in [0.25, 0.3) is 11.8 Å². The third kappa shape index (κ3) is 4.82. The van der Waals surface area contributed by atoms with Crippen molar-refractivity contribution in [1.29, 1.82) is 0 Å². The largest absolute Gasteiger partial charge is 0.465 e. The van der Waals surface area contributed by atoms with Crippen molar-refractivity contribution < 1.29 is 18.8 Å². The molecular formula is C22H18N2O4. The molecule has 28 heavy (non-hydrogen) atoms. The SMILES string of the molecule is CC(=O)c1cccc(NC(=O)/C(=C/c2ccco2)NC(=O)c2ccccc2)c1. The van der Waals surface area contributed by atoms with Gasteiger partial charge in [0.15, 0.2) is 5.78 Å². The Labute approximate surface area is 161 Å². The van der Waals surface area contributed by atoms with Crippen molar-refractivity contribution in [2.75, 3.05) is 5.32 Å². The molecule has 0 bridgehead atoms. The third-order valence-electron chi connectivity index (χ3n) is 3.89. The van der Waals surface area contributed by atoms with Crippen LogP contribution in [0.5, 0.6) is 0 Å². The zero-order valence-corrected chi connectivity index (χ0v) is 15.1. The van der Waals surface area contributed by atoms with Crippen LogP contribution in [0.2, 0.25) is 0 Å². The second-order valence-electron chi connectivity index (χ2n) is 5.98. The van der Waals surface area contributed by atoms with Gasteiger partial charge in [0.05, 0.1) is 6.26 Å². The molecule has 0 aliphatic carbocycles. The van der Waals surface area contributed by atoms with E-state index in [-0.39, 0.29) is 11.5 Å². The standard InChI is InChI=1S/C22H18N2O4/c1-15(25)17-9-5-10-18(13-17)23-22(27)20(14-19-11-6-12-28-19)24-21(26)16-7-3-2-4-8-16/h2-14H,1H3,(H,23,27)(H,24,26)/b20-14-. The van der Waals surface area contributed by atoms with Gasteiger partial charge in [0.2, 0.25) is 0 Å². The maximum absolute atomic E-state index is 12.8. The summed E-state index contributed by atoms with van der Waals surface area (Å²) >= 11 is 0. The number of ketones is 1. The van der Waals surface area contributed by atoms with E-state index in [0.717, 1.165) is 0 Å². The lowest BCUT2D eigenvalue weighted by molar-refractivity contribution is -0.113. The minimum Gasteiger partial charge on any atom is -0.465 e. The first-order valence-electron chi connectivity index (χ1n) is 8.57. The van der Waals surface area contributed by atoms with Crippen molar-refractivity contribution in [3.05, 3.63) is 95.6 Å². The number of rotatable bonds is 6. The monoisotopic (exact) mass is 374 g/mol. The predicted octanol–water partition coefficient (Wildman–Crippen LogP) is 3.89. The summed E-state index contributed by atoms with van der Waals surface area (Å²) in [5, 5.41) is 5.30. The van der Waals surface area contributed by atoms with Gasteiger partial charge in [0, 0.05) is 22.9 Å². The van der Waals surface area contributed by atoms with E-state index < -0.39 is 11.8 Å². The van der Waals surface area contributed by atoms with Crippen molar-refractivity contribution in [3.63, 3.8) is 0 Å². The Bertz CT molecular complexity index is 1020. The fraction of sp³-hybridized carbons (Fsp3) is 0.0455. The van der Waals surface area contributed by atoms with Gasteiger partial charge in [-0.1, -0.05) is 30.3 Å². The molecule has 0 fully saturated rings. The van der Waals surface area contributed by atoms with E-state index in [0.29, 0.717) is 22.6 Å². The first-order valence-corrected chi connectivity index (χ1v) is 8.57. The van der Waals surface area contributed by atoms with Crippen LogP contribution in [0.4, 0.5) is 5.69 Å². The number of carbonyl (C=O) groups excluding carboxylic acids is 3. The molecule has 1 aromatic heterocycles. The molecule has 2 amide bonds. The molecular weight excluding hydrogens is 356 g/mol. The second-order valence-corrected chi connectivity index (χ2v) is 5.98. The highest BCUT2D eigenvalue weighted by Gasteiger charge is 2.16. The lowest BCUT2D eigenvalue weighted by Crippen LogP contribution is -2.30. The van der Waals surface area contributed by atoms with E-state index >= 15 is 0 Å². The predicted molar refractivity (Wildman–Crippen MR) is 106 cm³/mol. The summed E-state index contributed by atoms with van der Waals surface area (Å²) < 4.78 is 5.25. The molecule has 0 unspecified atom stereocenters. The molecule has 0 saturated carbocycles. The quantitative estimate of drug-likeness (QED) is 0.506. The van der Waals surface area contributed by atoms with Crippen molar-refractivity contribution in [2.24, 2.45) is 0 Å². The molecule has 0 spiro atoms. The molecule has 0 atom stereocenters. The van der Waals surface area contributed by atoms with Gasteiger partial charge in [0.1, 0.15) is 11.5 Å². The smallest absolute Gasteiger partial charge is 0.272 e. The Morgan fingerprint density at radius 2 is 1.64 bits per heavy atom. The molecule has 6 nitrogen and oxygen atoms in total. The average molecular weight is 374 g/mol. The number of carbonyl (C=O) groups is 3. The maximum atomic E-state index is 12.8. The van der Waals surface area contributed by atoms with Crippen LogP contribution in [0.3, 0.4) is 0 Å². The zero-order chi connectivity index (χ0) is 19.9. The van der Waals surface area contributed by atoms with Gasteiger partial charge in [-0.05, 0) is 43.3 Å². The highest BCUT2D eigenvalue weighted by molar-refractivity contribution is 6.10. The molecule has 140 valence electrons. The van der Waals surface area contributed by atoms with Crippen LogP contribution in [0.25, 0.3) is 6.08 Å². The van der Waals surface area contributed by atoms with Crippen LogP contribution in [0.1, 0.15) is 33.4 Å². The molecule has 6 heteroatoms. The maximum Gasteiger partial charge on any atom is 0.272 e. The molecule has 1 heterocycles. The Morgan fingerprint density at radius 1 is 0.893 bits per heavy atom. The topological polar surface area (TPSA) is 88.4 Å². The summed E-state index contributed by atoms with van der Waals surface area (Å²) in [6.07, 6.45) is 2.90. The molecule has 2 aromatic carbocycles. The summed E-state index contributed by atoms with van der Waals surface area (Å²) in [5.74, 6) is -0.664. The van der Waals surface area contributed by atoms with Crippen LogP contribution < -0.4 is 10.6 Å². The first kappa shape index (κ1) is 18.8. The number of hydrogen-bond donors (Lipinski definition) is 2. The number of amides is 2. The lowest BCUT2D eigenvalue weighted by Gasteiger charge is -2.11. The fourth-order valence-electron chi connectivity index (χ4n) is 2.47. The van der Waals surface area contributed by atoms with Gasteiger partial charge in [-0.2, -0.15) is 0 Å². The van der Waals surface area contributed by atoms with Gasteiger partial charge >= 0.3 is 0 Å². The van der Waals surface area contributed by atoms with Crippen LogP contribution in [-0.4, -0.2) is 17.6 Å². The Balaban J connectivity index is 1.84. The number of nitrogens with one attached hydrogen (secondary N) is 2. The summed E-state index contributed by atoms with van der Waals surface area (Å²) in [5.41, 5.74) is 1.34. The molecule has 2 N–H and O–H groups in total. The normalized spacial score (nSPS) is 11.0. The lowest BCUT2D eigenvalue weighted by atomic mass is 10.1. The number of anilines is 1. The highest BCUT2D eigenvalue weighted by atomic mass is 16.3. The van der Waals surface area contributed by atoms with Gasteiger partial charge in [-0.25, -0.2) is 0 Å². The van der Waals surface area contributed by atoms with Crippen LogP contribution in [-0.2, 0) is 4.79 Å². The van der Waals surface area contributed by atoms with E-state index in [1.54, 1.807) is 66.7 Å². The minimum atomic E-state index is -0.540. The van der Waals surface area contributed by atoms with Gasteiger partial charge < -0.3 is 15.1 Å². The Kier molecular flexibility index (Phi) is 5.81. The van der Waals surface area contributed by atoms with Crippen LogP contribution >= 0.6 is 0 Å². The van der Waals surface area contributed by atoms with Crippen molar-refractivity contribution in [1.82, 2.24) is 5.32 Å². The summed E-state index contributed by atoms with van der Waals surface area (Å²) in [6, 6.07) is 18.5. The molecule has 3 rings (SSSR count). The van der Waals surface area contributed by atoms with Crippen LogP contribution in [0, 0.1) is 0 Å². The van der Waals surface area contributed by atoms with Gasteiger partial charge in [-0.15, -0.1) is 0 Å². The number of Topliss-reactive ketones (excluding diaryl/α,β-unsaturated/α-hetero) is 1. The number of hydrogen-bond acceptors (Lipinski definition) is 4. The fourth-order valence-corrected chi connectivity index (χ4v) is 2.47. The van der Waals surface area contributed by atoms with E-state index in [4.69, 9.17) is 4.42 Å².